The minimum absolute atomic E-state index is 0.136. The van der Waals surface area contributed by atoms with Gasteiger partial charge in [0, 0.05) is 11.1 Å². The van der Waals surface area contributed by atoms with Crippen molar-refractivity contribution in [1.82, 2.24) is 10.2 Å². The minimum Gasteiger partial charge on any atom is -0.504 e. The first-order valence-electron chi connectivity index (χ1n) is 9.36. The van der Waals surface area contributed by atoms with Crippen molar-refractivity contribution in [3.63, 3.8) is 0 Å². The number of aromatic nitrogens is 2. The van der Waals surface area contributed by atoms with E-state index in [9.17, 15) is 5.11 Å². The molecule has 1 heterocycles. The molecule has 4 aromatic rings. The van der Waals surface area contributed by atoms with Crippen molar-refractivity contribution in [2.75, 3.05) is 12.4 Å². The molecule has 3 aromatic carbocycles. The number of hydrogen-bond acceptors (Lipinski definition) is 4. The summed E-state index contributed by atoms with van der Waals surface area (Å²) in [7, 11) is 1.55. The van der Waals surface area contributed by atoms with Crippen molar-refractivity contribution in [2.45, 2.75) is 13.8 Å². The van der Waals surface area contributed by atoms with Gasteiger partial charge in [-0.05, 0) is 66.4 Å². The van der Waals surface area contributed by atoms with E-state index in [0.717, 1.165) is 50.2 Å². The molecule has 0 unspecified atom stereocenters. The highest BCUT2D eigenvalue weighted by molar-refractivity contribution is 5.95. The van der Waals surface area contributed by atoms with Crippen LogP contribution in [-0.2, 0) is 0 Å². The van der Waals surface area contributed by atoms with E-state index in [4.69, 9.17) is 4.74 Å². The predicted molar refractivity (Wildman–Crippen MR) is 118 cm³/mol. The Kier molecular flexibility index (Phi) is 4.72. The Morgan fingerprint density at radius 1 is 1.07 bits per heavy atom. The fraction of sp³-hybridized carbons (Fsp3) is 0.125. The summed E-state index contributed by atoms with van der Waals surface area (Å²) in [5, 5.41) is 21.9. The molecule has 0 atom stereocenters. The van der Waals surface area contributed by atoms with Crippen molar-refractivity contribution >= 4 is 22.3 Å². The molecular formula is C24H23N3O2. The average Bonchev–Trinajstić information content (AvgIpc) is 3.13. The Morgan fingerprint density at radius 2 is 1.86 bits per heavy atom. The van der Waals surface area contributed by atoms with Gasteiger partial charge in [0.25, 0.3) is 0 Å². The Hall–Kier alpha value is -3.73. The molecule has 5 heteroatoms. The molecule has 29 heavy (non-hydrogen) atoms. The molecule has 0 saturated carbocycles. The first-order chi connectivity index (χ1) is 14.0. The third kappa shape index (κ3) is 3.43. The first-order valence-corrected chi connectivity index (χ1v) is 9.36. The highest BCUT2D eigenvalue weighted by Crippen LogP contribution is 2.36. The van der Waals surface area contributed by atoms with Crippen LogP contribution >= 0.6 is 0 Å². The summed E-state index contributed by atoms with van der Waals surface area (Å²) in [6.07, 6.45) is 0. The zero-order valence-electron chi connectivity index (χ0n) is 16.7. The number of phenols is 1. The van der Waals surface area contributed by atoms with Crippen LogP contribution in [0, 0.1) is 13.8 Å². The number of benzene rings is 3. The third-order valence-electron chi connectivity index (χ3n) is 5.12. The summed E-state index contributed by atoms with van der Waals surface area (Å²) in [4.78, 5) is 0. The van der Waals surface area contributed by atoms with Crippen LogP contribution in [0.15, 0.2) is 61.2 Å². The van der Waals surface area contributed by atoms with E-state index in [1.807, 2.05) is 49.4 Å². The number of phenolic OH excluding ortho intramolecular Hbond substituents is 1. The molecule has 0 radical (unpaired) electrons. The fourth-order valence-electron chi connectivity index (χ4n) is 3.50. The highest BCUT2D eigenvalue weighted by atomic mass is 16.5. The maximum Gasteiger partial charge on any atom is 0.161 e. The number of rotatable bonds is 5. The maximum atomic E-state index is 9.98. The van der Waals surface area contributed by atoms with Crippen LogP contribution in [0.2, 0.25) is 0 Å². The number of hydrogen-bond donors (Lipinski definition) is 3. The number of nitrogens with zero attached hydrogens (tertiary/aromatic N) is 1. The highest BCUT2D eigenvalue weighted by Gasteiger charge is 2.13. The summed E-state index contributed by atoms with van der Waals surface area (Å²) < 4.78 is 5.26. The van der Waals surface area contributed by atoms with Gasteiger partial charge in [-0.2, -0.15) is 5.10 Å². The van der Waals surface area contributed by atoms with Gasteiger partial charge in [-0.1, -0.05) is 30.8 Å². The molecule has 0 aliphatic carbocycles. The summed E-state index contributed by atoms with van der Waals surface area (Å²) in [6.45, 7) is 8.19. The molecule has 3 N–H and O–H groups in total. The lowest BCUT2D eigenvalue weighted by Gasteiger charge is -2.12. The topological polar surface area (TPSA) is 70.2 Å². The Bertz CT molecular complexity index is 1220. The van der Waals surface area contributed by atoms with Crippen molar-refractivity contribution < 1.29 is 9.84 Å². The van der Waals surface area contributed by atoms with Crippen LogP contribution in [0.3, 0.4) is 0 Å². The largest absolute Gasteiger partial charge is 0.504 e. The van der Waals surface area contributed by atoms with Gasteiger partial charge >= 0.3 is 0 Å². The molecular weight excluding hydrogens is 362 g/mol. The van der Waals surface area contributed by atoms with Gasteiger partial charge in [0.1, 0.15) is 5.69 Å². The van der Waals surface area contributed by atoms with Crippen LogP contribution in [0.4, 0.5) is 5.69 Å². The number of para-hydroxylation sites is 1. The lowest BCUT2D eigenvalue weighted by molar-refractivity contribution is 0.373. The van der Waals surface area contributed by atoms with Gasteiger partial charge < -0.3 is 15.2 Å². The van der Waals surface area contributed by atoms with Crippen LogP contribution in [0.1, 0.15) is 16.8 Å². The summed E-state index contributed by atoms with van der Waals surface area (Å²) in [6, 6.07) is 17.8. The van der Waals surface area contributed by atoms with Gasteiger partial charge in [-0.25, -0.2) is 0 Å². The second-order valence-electron chi connectivity index (χ2n) is 7.09. The van der Waals surface area contributed by atoms with Crippen molar-refractivity contribution in [3.8, 4) is 22.6 Å². The van der Waals surface area contributed by atoms with E-state index in [0.29, 0.717) is 5.75 Å². The molecule has 0 aliphatic heterocycles. The Labute approximate surface area is 169 Å². The van der Waals surface area contributed by atoms with Crippen molar-refractivity contribution in [2.24, 2.45) is 0 Å². The molecule has 0 amide bonds. The number of ether oxygens (including phenoxy) is 1. The number of fused-ring (bicyclic) bond motifs is 1. The lowest BCUT2D eigenvalue weighted by Crippen LogP contribution is -1.99. The second kappa shape index (κ2) is 7.36. The maximum absolute atomic E-state index is 9.98. The quantitative estimate of drug-likeness (QED) is 0.415. The van der Waals surface area contributed by atoms with Gasteiger partial charge in [0.05, 0.1) is 18.3 Å². The standard InChI is InChI=1S/C24H23N3O2/c1-14-7-5-6-8-20(14)25-16(3)24-18-10-9-17(12-21(18)26-27-24)19-13-23(29-4)22(28)11-15(19)2/h5-13,25,28H,3H2,1-2,4H3,(H,26,27). The summed E-state index contributed by atoms with van der Waals surface area (Å²) >= 11 is 0. The van der Waals surface area contributed by atoms with E-state index in [1.54, 1.807) is 13.2 Å². The number of methoxy groups -OCH3 is 1. The number of aryl methyl sites for hydroxylation is 2. The summed E-state index contributed by atoms with van der Waals surface area (Å²) in [5.41, 5.74) is 7.57. The van der Waals surface area contributed by atoms with Gasteiger partial charge in [0.2, 0.25) is 0 Å². The van der Waals surface area contributed by atoms with Crippen LogP contribution in [-0.4, -0.2) is 22.4 Å². The molecule has 146 valence electrons. The van der Waals surface area contributed by atoms with Gasteiger partial charge in [-0.15, -0.1) is 0 Å². The number of aromatic hydroxyl groups is 1. The zero-order valence-corrected chi connectivity index (χ0v) is 16.7. The van der Waals surface area contributed by atoms with E-state index in [2.05, 4.69) is 35.1 Å². The van der Waals surface area contributed by atoms with Gasteiger partial charge in [-0.3, -0.25) is 5.10 Å². The van der Waals surface area contributed by atoms with E-state index in [-0.39, 0.29) is 5.75 Å². The molecule has 0 aliphatic rings. The molecule has 5 nitrogen and oxygen atoms in total. The zero-order chi connectivity index (χ0) is 20.5. The second-order valence-corrected chi connectivity index (χ2v) is 7.09. The predicted octanol–water partition coefficient (Wildman–Crippen LogP) is 5.64. The van der Waals surface area contributed by atoms with Crippen LogP contribution in [0.25, 0.3) is 27.7 Å². The average molecular weight is 385 g/mol. The fourth-order valence-corrected chi connectivity index (χ4v) is 3.50. The molecule has 0 fully saturated rings. The lowest BCUT2D eigenvalue weighted by atomic mass is 9.98. The van der Waals surface area contributed by atoms with E-state index >= 15 is 0 Å². The van der Waals surface area contributed by atoms with E-state index in [1.165, 1.54) is 0 Å². The normalized spacial score (nSPS) is 10.9. The smallest absolute Gasteiger partial charge is 0.161 e. The van der Waals surface area contributed by atoms with Crippen LogP contribution < -0.4 is 10.1 Å². The van der Waals surface area contributed by atoms with E-state index < -0.39 is 0 Å². The molecule has 0 spiro atoms. The Morgan fingerprint density at radius 3 is 2.62 bits per heavy atom. The monoisotopic (exact) mass is 385 g/mol. The molecule has 0 bridgehead atoms. The summed E-state index contributed by atoms with van der Waals surface area (Å²) in [5.74, 6) is 0.587. The third-order valence-corrected chi connectivity index (χ3v) is 5.12. The van der Waals surface area contributed by atoms with Gasteiger partial charge in [0.15, 0.2) is 11.5 Å². The number of aromatic amines is 1. The van der Waals surface area contributed by atoms with Crippen molar-refractivity contribution in [1.29, 1.82) is 0 Å². The van der Waals surface area contributed by atoms with Crippen molar-refractivity contribution in [3.05, 3.63) is 78.0 Å². The SMILES string of the molecule is C=C(Nc1ccccc1C)c1n[nH]c2cc(-c3cc(OC)c(O)cc3C)ccc12. The number of nitrogens with one attached hydrogen (secondary N) is 2. The number of H-pyrrole nitrogens is 1. The molecule has 4 rings (SSSR count). The van der Waals surface area contributed by atoms with Crippen LogP contribution in [0.5, 0.6) is 11.5 Å². The first kappa shape index (κ1) is 18.6. The molecule has 1 aromatic heterocycles. The minimum atomic E-state index is 0.136. The number of anilines is 1. The molecule has 0 saturated heterocycles. The Balaban J connectivity index is 1.70.